The molecule has 1 fully saturated rings. The van der Waals surface area contributed by atoms with Gasteiger partial charge in [-0.1, -0.05) is 0 Å². The lowest BCUT2D eigenvalue weighted by atomic mass is 10.1. The number of halogens is 1. The van der Waals surface area contributed by atoms with Crippen molar-refractivity contribution in [3.8, 4) is 0 Å². The fourth-order valence-corrected chi connectivity index (χ4v) is 1.86. The van der Waals surface area contributed by atoms with Gasteiger partial charge in [-0.3, -0.25) is 14.3 Å². The lowest BCUT2D eigenvalue weighted by Crippen LogP contribution is -2.37. The Morgan fingerprint density at radius 2 is 2.22 bits per heavy atom. The molecule has 2 heterocycles. The van der Waals surface area contributed by atoms with Gasteiger partial charge in [0.05, 0.1) is 6.61 Å². The maximum atomic E-state index is 13.5. The number of hydrogen-bond donors (Lipinski definition) is 3. The molecule has 1 aliphatic heterocycles. The van der Waals surface area contributed by atoms with E-state index >= 15 is 0 Å². The second-order valence-electron chi connectivity index (χ2n) is 4.16. The molecule has 0 aromatic carbocycles. The van der Waals surface area contributed by atoms with Gasteiger partial charge in [0.1, 0.15) is 12.2 Å². The SMILES string of the molecule is Cc1cn(C2OC(CO)C(F)C2O)c(=O)[nH]c1=O. The number of hydrogen-bond acceptors (Lipinski definition) is 5. The van der Waals surface area contributed by atoms with Crippen LogP contribution in [0.3, 0.4) is 0 Å². The smallest absolute Gasteiger partial charge is 0.330 e. The summed E-state index contributed by atoms with van der Waals surface area (Å²) in [6.07, 6.45) is -4.64. The molecule has 0 radical (unpaired) electrons. The maximum absolute atomic E-state index is 13.5. The van der Waals surface area contributed by atoms with E-state index in [2.05, 4.69) is 0 Å². The van der Waals surface area contributed by atoms with Gasteiger partial charge in [0, 0.05) is 11.8 Å². The zero-order valence-electron chi connectivity index (χ0n) is 9.54. The summed E-state index contributed by atoms with van der Waals surface area (Å²) in [7, 11) is 0. The van der Waals surface area contributed by atoms with Crippen molar-refractivity contribution >= 4 is 0 Å². The number of aliphatic hydroxyl groups is 2. The Balaban J connectivity index is 2.42. The topological polar surface area (TPSA) is 105 Å². The molecular weight excluding hydrogens is 247 g/mol. The third-order valence-electron chi connectivity index (χ3n) is 2.89. The first-order valence-electron chi connectivity index (χ1n) is 5.36. The molecule has 4 atom stereocenters. The van der Waals surface area contributed by atoms with Crippen LogP contribution in [-0.4, -0.2) is 44.8 Å². The van der Waals surface area contributed by atoms with E-state index in [0.29, 0.717) is 0 Å². The first kappa shape index (κ1) is 12.9. The molecule has 1 aromatic heterocycles. The molecule has 1 saturated heterocycles. The number of nitrogens with one attached hydrogen (secondary N) is 1. The van der Waals surface area contributed by atoms with Crippen molar-refractivity contribution in [1.82, 2.24) is 9.55 Å². The lowest BCUT2D eigenvalue weighted by Gasteiger charge is -2.17. The molecule has 2 rings (SSSR count). The second-order valence-corrected chi connectivity index (χ2v) is 4.16. The summed E-state index contributed by atoms with van der Waals surface area (Å²) in [5.41, 5.74) is -1.13. The second kappa shape index (κ2) is 4.63. The summed E-state index contributed by atoms with van der Waals surface area (Å²) in [5, 5.41) is 18.5. The molecular formula is C10H13FN2O5. The minimum Gasteiger partial charge on any atom is -0.394 e. The van der Waals surface area contributed by atoms with Crippen molar-refractivity contribution in [2.24, 2.45) is 0 Å². The molecule has 100 valence electrons. The monoisotopic (exact) mass is 260 g/mol. The van der Waals surface area contributed by atoms with E-state index in [9.17, 15) is 19.1 Å². The Hall–Kier alpha value is -1.51. The van der Waals surface area contributed by atoms with Crippen molar-refractivity contribution in [2.45, 2.75) is 31.5 Å². The van der Waals surface area contributed by atoms with Crippen molar-refractivity contribution in [1.29, 1.82) is 0 Å². The van der Waals surface area contributed by atoms with E-state index in [0.717, 1.165) is 4.57 Å². The van der Waals surface area contributed by atoms with Crippen LogP contribution in [0.2, 0.25) is 0 Å². The molecule has 1 aromatic rings. The number of H-pyrrole nitrogens is 1. The Labute approximate surface area is 100 Å². The van der Waals surface area contributed by atoms with Gasteiger partial charge in [0.25, 0.3) is 5.56 Å². The summed E-state index contributed by atoms with van der Waals surface area (Å²) in [6.45, 7) is 0.859. The molecule has 1 aliphatic rings. The molecule has 0 saturated carbocycles. The van der Waals surface area contributed by atoms with Gasteiger partial charge in [0.2, 0.25) is 0 Å². The average Bonchev–Trinajstić information content (AvgIpc) is 2.61. The van der Waals surface area contributed by atoms with Crippen LogP contribution >= 0.6 is 0 Å². The van der Waals surface area contributed by atoms with Crippen molar-refractivity contribution in [2.75, 3.05) is 6.61 Å². The van der Waals surface area contributed by atoms with E-state index in [-0.39, 0.29) is 5.56 Å². The highest BCUT2D eigenvalue weighted by atomic mass is 19.1. The van der Waals surface area contributed by atoms with Crippen LogP contribution in [0, 0.1) is 6.92 Å². The number of nitrogens with zero attached hydrogens (tertiary/aromatic N) is 1. The molecule has 4 unspecified atom stereocenters. The van der Waals surface area contributed by atoms with Gasteiger partial charge in [-0.25, -0.2) is 9.18 Å². The van der Waals surface area contributed by atoms with Gasteiger partial charge in [-0.2, -0.15) is 0 Å². The van der Waals surface area contributed by atoms with E-state index in [1.54, 1.807) is 0 Å². The van der Waals surface area contributed by atoms with Crippen LogP contribution in [0.1, 0.15) is 11.8 Å². The highest BCUT2D eigenvalue weighted by molar-refractivity contribution is 5.03. The third-order valence-corrected chi connectivity index (χ3v) is 2.89. The van der Waals surface area contributed by atoms with Crippen molar-refractivity contribution in [3.63, 3.8) is 0 Å². The first-order valence-corrected chi connectivity index (χ1v) is 5.36. The van der Waals surface area contributed by atoms with Crippen LogP contribution in [0.5, 0.6) is 0 Å². The van der Waals surface area contributed by atoms with Crippen LogP contribution in [0.4, 0.5) is 4.39 Å². The summed E-state index contributed by atoms with van der Waals surface area (Å²) >= 11 is 0. The zero-order valence-corrected chi connectivity index (χ0v) is 9.54. The van der Waals surface area contributed by atoms with E-state index in [4.69, 9.17) is 9.84 Å². The Morgan fingerprint density at radius 3 is 2.78 bits per heavy atom. The number of aryl methyl sites for hydroxylation is 1. The Bertz CT molecular complexity index is 554. The van der Waals surface area contributed by atoms with E-state index < -0.39 is 42.5 Å². The Morgan fingerprint density at radius 1 is 1.56 bits per heavy atom. The number of aliphatic hydroxyl groups excluding tert-OH is 2. The number of ether oxygens (including phenoxy) is 1. The molecule has 8 heteroatoms. The Kier molecular flexibility index (Phi) is 3.33. The average molecular weight is 260 g/mol. The molecule has 7 nitrogen and oxygen atoms in total. The molecule has 0 aliphatic carbocycles. The van der Waals surface area contributed by atoms with E-state index in [1.165, 1.54) is 13.1 Å². The van der Waals surface area contributed by atoms with Crippen LogP contribution < -0.4 is 11.2 Å². The minimum absolute atomic E-state index is 0.230. The normalized spacial score (nSPS) is 31.8. The van der Waals surface area contributed by atoms with Crippen LogP contribution in [0.25, 0.3) is 0 Å². The maximum Gasteiger partial charge on any atom is 0.330 e. The van der Waals surface area contributed by atoms with E-state index in [1.807, 2.05) is 4.98 Å². The predicted molar refractivity (Wildman–Crippen MR) is 58.0 cm³/mol. The largest absolute Gasteiger partial charge is 0.394 e. The summed E-state index contributed by atoms with van der Waals surface area (Å²) in [5.74, 6) is 0. The summed E-state index contributed by atoms with van der Waals surface area (Å²) in [4.78, 5) is 24.8. The molecule has 3 N–H and O–H groups in total. The van der Waals surface area contributed by atoms with Crippen molar-refractivity contribution in [3.05, 3.63) is 32.6 Å². The number of alkyl halides is 1. The number of aromatic amines is 1. The minimum atomic E-state index is -1.79. The molecule has 0 amide bonds. The van der Waals surface area contributed by atoms with Crippen LogP contribution in [-0.2, 0) is 4.74 Å². The lowest BCUT2D eigenvalue weighted by molar-refractivity contribution is -0.0538. The molecule has 0 bridgehead atoms. The van der Waals surface area contributed by atoms with Gasteiger partial charge < -0.3 is 14.9 Å². The van der Waals surface area contributed by atoms with Gasteiger partial charge in [0.15, 0.2) is 12.4 Å². The van der Waals surface area contributed by atoms with Gasteiger partial charge >= 0.3 is 5.69 Å². The first-order chi connectivity index (χ1) is 8.45. The standard InChI is InChI=1S/C10H13FN2O5/c1-4-2-13(10(17)12-8(4)16)9-7(15)6(11)5(3-14)18-9/h2,5-7,9,14-15H,3H2,1H3,(H,12,16,17). The molecule has 18 heavy (non-hydrogen) atoms. The van der Waals surface area contributed by atoms with Gasteiger partial charge in [-0.05, 0) is 6.92 Å². The highest BCUT2D eigenvalue weighted by Gasteiger charge is 2.45. The zero-order chi connectivity index (χ0) is 13.4. The van der Waals surface area contributed by atoms with Gasteiger partial charge in [-0.15, -0.1) is 0 Å². The van der Waals surface area contributed by atoms with Crippen LogP contribution in [0.15, 0.2) is 15.8 Å². The quantitative estimate of drug-likeness (QED) is 0.596. The predicted octanol–water partition coefficient (Wildman–Crippen LogP) is -1.57. The number of rotatable bonds is 2. The number of aromatic nitrogens is 2. The highest BCUT2D eigenvalue weighted by Crippen LogP contribution is 2.30. The fourth-order valence-electron chi connectivity index (χ4n) is 1.86. The fraction of sp³-hybridized carbons (Fsp3) is 0.600. The van der Waals surface area contributed by atoms with Crippen molar-refractivity contribution < 1.29 is 19.3 Å². The summed E-state index contributed by atoms with van der Waals surface area (Å²) < 4.78 is 19.5. The molecule has 0 spiro atoms. The summed E-state index contributed by atoms with van der Waals surface area (Å²) in [6, 6.07) is 0. The third kappa shape index (κ3) is 1.98.